The van der Waals surface area contributed by atoms with Gasteiger partial charge in [-0.15, -0.1) is 5.10 Å². The fourth-order valence-corrected chi connectivity index (χ4v) is 2.55. The van der Waals surface area contributed by atoms with Crippen molar-refractivity contribution in [1.29, 1.82) is 0 Å². The fraction of sp³-hybridized carbons (Fsp3) is 0.333. The molecule has 1 atom stereocenters. The van der Waals surface area contributed by atoms with Crippen molar-refractivity contribution in [2.45, 2.75) is 12.3 Å². The van der Waals surface area contributed by atoms with Crippen LogP contribution in [0.4, 0.5) is 4.39 Å². The quantitative estimate of drug-likeness (QED) is 0.856. The van der Waals surface area contributed by atoms with E-state index in [0.29, 0.717) is 17.0 Å². The smallest absolute Gasteiger partial charge is 0.124 e. The zero-order valence-electron chi connectivity index (χ0n) is 9.51. The first-order valence-electron chi connectivity index (χ1n) is 5.69. The second kappa shape index (κ2) is 4.78. The standard InChI is InChI=1S/C12H11BrFN3O/c13-10-5-9(14)1-2-12(10)17-6-11(15-16-17)8-3-4-18-7-8/h1-2,5-6,8H,3-4,7H2. The highest BCUT2D eigenvalue weighted by Gasteiger charge is 2.21. The van der Waals surface area contributed by atoms with Crippen molar-refractivity contribution in [3.05, 3.63) is 40.4 Å². The third kappa shape index (κ3) is 2.18. The molecular formula is C12H11BrFN3O. The van der Waals surface area contributed by atoms with E-state index in [9.17, 15) is 4.39 Å². The van der Waals surface area contributed by atoms with Crippen LogP contribution in [-0.2, 0) is 4.74 Å². The predicted molar refractivity (Wildman–Crippen MR) is 67.2 cm³/mol. The molecule has 1 aromatic carbocycles. The Balaban J connectivity index is 1.92. The van der Waals surface area contributed by atoms with E-state index in [2.05, 4.69) is 26.2 Å². The molecule has 0 radical (unpaired) electrons. The Labute approximate surface area is 112 Å². The van der Waals surface area contributed by atoms with Crippen molar-refractivity contribution >= 4 is 15.9 Å². The van der Waals surface area contributed by atoms with Gasteiger partial charge in [0.25, 0.3) is 0 Å². The van der Waals surface area contributed by atoms with Gasteiger partial charge in [-0.05, 0) is 40.5 Å². The second-order valence-electron chi connectivity index (χ2n) is 4.24. The average molecular weight is 312 g/mol. The SMILES string of the molecule is Fc1ccc(-n2cc(C3CCOC3)nn2)c(Br)c1. The molecule has 0 amide bonds. The molecule has 3 rings (SSSR count). The van der Waals surface area contributed by atoms with Gasteiger partial charge in [0.2, 0.25) is 0 Å². The van der Waals surface area contributed by atoms with E-state index in [1.165, 1.54) is 12.1 Å². The van der Waals surface area contributed by atoms with Gasteiger partial charge in [0, 0.05) is 17.0 Å². The molecule has 1 aromatic heterocycles. The minimum Gasteiger partial charge on any atom is -0.381 e. The Morgan fingerprint density at radius 1 is 1.44 bits per heavy atom. The predicted octanol–water partition coefficient (Wildman–Crippen LogP) is 2.67. The van der Waals surface area contributed by atoms with Crippen LogP contribution in [-0.4, -0.2) is 28.2 Å². The summed E-state index contributed by atoms with van der Waals surface area (Å²) in [7, 11) is 0. The molecule has 6 heteroatoms. The van der Waals surface area contributed by atoms with Crippen LogP contribution >= 0.6 is 15.9 Å². The van der Waals surface area contributed by atoms with Crippen LogP contribution in [0, 0.1) is 5.82 Å². The van der Waals surface area contributed by atoms with Gasteiger partial charge in [0.1, 0.15) is 5.82 Å². The Bertz CT molecular complexity index is 566. The summed E-state index contributed by atoms with van der Waals surface area (Å²) in [4.78, 5) is 0. The molecule has 2 aromatic rings. The maximum Gasteiger partial charge on any atom is 0.124 e. The molecule has 0 N–H and O–H groups in total. The molecule has 0 aliphatic carbocycles. The van der Waals surface area contributed by atoms with Crippen LogP contribution in [0.15, 0.2) is 28.9 Å². The van der Waals surface area contributed by atoms with Crippen molar-refractivity contribution in [2.75, 3.05) is 13.2 Å². The number of ether oxygens (including phenoxy) is 1. The van der Waals surface area contributed by atoms with Crippen molar-refractivity contribution in [1.82, 2.24) is 15.0 Å². The van der Waals surface area contributed by atoms with Gasteiger partial charge in [0.05, 0.1) is 24.2 Å². The number of hydrogen-bond acceptors (Lipinski definition) is 3. The molecule has 4 nitrogen and oxygen atoms in total. The second-order valence-corrected chi connectivity index (χ2v) is 5.10. The van der Waals surface area contributed by atoms with E-state index in [1.807, 2.05) is 6.20 Å². The Kier molecular flexibility index (Phi) is 3.13. The van der Waals surface area contributed by atoms with Gasteiger partial charge >= 0.3 is 0 Å². The van der Waals surface area contributed by atoms with Gasteiger partial charge in [-0.2, -0.15) is 0 Å². The summed E-state index contributed by atoms with van der Waals surface area (Å²) in [6.07, 6.45) is 2.85. The minimum absolute atomic E-state index is 0.282. The van der Waals surface area contributed by atoms with E-state index in [4.69, 9.17) is 4.74 Å². The van der Waals surface area contributed by atoms with Gasteiger partial charge in [-0.1, -0.05) is 5.21 Å². The third-order valence-corrected chi connectivity index (χ3v) is 3.65. The topological polar surface area (TPSA) is 39.9 Å². The maximum absolute atomic E-state index is 13.0. The summed E-state index contributed by atoms with van der Waals surface area (Å²) >= 11 is 3.32. The van der Waals surface area contributed by atoms with Crippen LogP contribution in [0.5, 0.6) is 0 Å². The Morgan fingerprint density at radius 3 is 3.06 bits per heavy atom. The molecule has 94 valence electrons. The third-order valence-electron chi connectivity index (χ3n) is 3.02. The lowest BCUT2D eigenvalue weighted by molar-refractivity contribution is 0.193. The van der Waals surface area contributed by atoms with E-state index >= 15 is 0 Å². The summed E-state index contributed by atoms with van der Waals surface area (Å²) in [5.74, 6) is 0.0353. The number of nitrogens with zero attached hydrogens (tertiary/aromatic N) is 3. The normalized spacial score (nSPS) is 19.3. The summed E-state index contributed by atoms with van der Waals surface area (Å²) in [6, 6.07) is 4.48. The molecule has 1 unspecified atom stereocenters. The Hall–Kier alpha value is -1.27. The summed E-state index contributed by atoms with van der Waals surface area (Å²) in [6.45, 7) is 1.47. The highest BCUT2D eigenvalue weighted by molar-refractivity contribution is 9.10. The number of aromatic nitrogens is 3. The van der Waals surface area contributed by atoms with E-state index in [0.717, 1.165) is 24.4 Å². The zero-order chi connectivity index (χ0) is 12.5. The van der Waals surface area contributed by atoms with Crippen LogP contribution < -0.4 is 0 Å². The highest BCUT2D eigenvalue weighted by atomic mass is 79.9. The maximum atomic E-state index is 13.0. The molecule has 18 heavy (non-hydrogen) atoms. The fourth-order valence-electron chi connectivity index (χ4n) is 2.02. The first-order chi connectivity index (χ1) is 8.74. The highest BCUT2D eigenvalue weighted by Crippen LogP contribution is 2.25. The monoisotopic (exact) mass is 311 g/mol. The lowest BCUT2D eigenvalue weighted by Gasteiger charge is -2.03. The van der Waals surface area contributed by atoms with Crippen LogP contribution in [0.1, 0.15) is 18.0 Å². The molecule has 1 saturated heterocycles. The van der Waals surface area contributed by atoms with Gasteiger partial charge in [-0.3, -0.25) is 0 Å². The van der Waals surface area contributed by atoms with Crippen molar-refractivity contribution < 1.29 is 9.13 Å². The van der Waals surface area contributed by atoms with Crippen LogP contribution in [0.2, 0.25) is 0 Å². The average Bonchev–Trinajstić information content (AvgIpc) is 2.99. The van der Waals surface area contributed by atoms with Gasteiger partial charge in [-0.25, -0.2) is 9.07 Å². The summed E-state index contributed by atoms with van der Waals surface area (Å²) in [5.41, 5.74) is 1.69. The Morgan fingerprint density at radius 2 is 2.33 bits per heavy atom. The lowest BCUT2D eigenvalue weighted by atomic mass is 10.1. The van der Waals surface area contributed by atoms with E-state index in [1.54, 1.807) is 10.7 Å². The number of hydrogen-bond donors (Lipinski definition) is 0. The van der Waals surface area contributed by atoms with E-state index in [-0.39, 0.29) is 5.82 Å². The molecule has 1 aliphatic rings. The molecule has 0 bridgehead atoms. The first-order valence-corrected chi connectivity index (χ1v) is 6.49. The number of benzene rings is 1. The van der Waals surface area contributed by atoms with Crippen molar-refractivity contribution in [3.63, 3.8) is 0 Å². The molecular weight excluding hydrogens is 301 g/mol. The summed E-state index contributed by atoms with van der Waals surface area (Å²) < 4.78 is 20.7. The molecule has 0 saturated carbocycles. The van der Waals surface area contributed by atoms with Crippen molar-refractivity contribution in [3.8, 4) is 5.69 Å². The lowest BCUT2D eigenvalue weighted by Crippen LogP contribution is -1.98. The number of halogens is 2. The van der Waals surface area contributed by atoms with Crippen LogP contribution in [0.3, 0.4) is 0 Å². The zero-order valence-corrected chi connectivity index (χ0v) is 11.1. The van der Waals surface area contributed by atoms with Gasteiger partial charge < -0.3 is 4.74 Å². The molecule has 1 fully saturated rings. The summed E-state index contributed by atoms with van der Waals surface area (Å²) in [5, 5.41) is 8.24. The molecule has 1 aliphatic heterocycles. The van der Waals surface area contributed by atoms with Crippen molar-refractivity contribution in [2.24, 2.45) is 0 Å². The molecule has 2 heterocycles. The largest absolute Gasteiger partial charge is 0.381 e. The first kappa shape index (κ1) is 11.8. The number of rotatable bonds is 2. The van der Waals surface area contributed by atoms with Crippen LogP contribution in [0.25, 0.3) is 5.69 Å². The van der Waals surface area contributed by atoms with Gasteiger partial charge in [0.15, 0.2) is 0 Å². The molecule has 0 spiro atoms. The minimum atomic E-state index is -0.282. The van der Waals surface area contributed by atoms with E-state index < -0.39 is 0 Å².